The molecule has 12 heavy (non-hydrogen) atoms. The molecule has 1 fully saturated rings. The zero-order valence-corrected chi connectivity index (χ0v) is 9.09. The molecule has 0 unspecified atom stereocenters. The standard InChI is InChI=1S/C9H16N2Si/c1-9(5-6-10)11-7-4-8-12(11,2)3/h5H,4,7-8H2,1-3H3/b9-5-. The van der Waals surface area contributed by atoms with Gasteiger partial charge in [-0.05, 0) is 19.4 Å². The van der Waals surface area contributed by atoms with Crippen molar-refractivity contribution in [2.45, 2.75) is 32.5 Å². The second kappa shape index (κ2) is 3.32. The van der Waals surface area contributed by atoms with E-state index in [0.717, 1.165) is 12.2 Å². The number of rotatable bonds is 1. The van der Waals surface area contributed by atoms with E-state index in [1.165, 1.54) is 12.5 Å². The summed E-state index contributed by atoms with van der Waals surface area (Å²) in [5, 5.41) is 8.53. The van der Waals surface area contributed by atoms with Crippen molar-refractivity contribution < 1.29 is 0 Å². The van der Waals surface area contributed by atoms with Gasteiger partial charge in [0.05, 0.1) is 6.07 Å². The summed E-state index contributed by atoms with van der Waals surface area (Å²) in [7, 11) is -1.16. The highest BCUT2D eigenvalue weighted by Crippen LogP contribution is 2.28. The topological polar surface area (TPSA) is 27.0 Å². The van der Waals surface area contributed by atoms with Crippen LogP contribution in [0.5, 0.6) is 0 Å². The smallest absolute Gasteiger partial charge is 0.150 e. The zero-order chi connectivity index (χ0) is 9.19. The minimum atomic E-state index is -1.16. The molecule has 0 spiro atoms. The van der Waals surface area contributed by atoms with E-state index in [1.807, 2.05) is 6.92 Å². The molecule has 1 heterocycles. The lowest BCUT2D eigenvalue weighted by molar-refractivity contribution is 0.561. The average Bonchev–Trinajstić information content (AvgIpc) is 2.30. The quantitative estimate of drug-likeness (QED) is 0.457. The van der Waals surface area contributed by atoms with Crippen LogP contribution in [0, 0.1) is 11.3 Å². The number of hydrogen-bond acceptors (Lipinski definition) is 2. The van der Waals surface area contributed by atoms with Crippen LogP contribution in [-0.4, -0.2) is 19.3 Å². The maximum Gasteiger partial charge on any atom is 0.150 e. The fraction of sp³-hybridized carbons (Fsp3) is 0.667. The predicted octanol–water partition coefficient (Wildman–Crippen LogP) is 2.32. The molecule has 0 radical (unpaired) electrons. The highest BCUT2D eigenvalue weighted by molar-refractivity contribution is 6.75. The molecule has 0 N–H and O–H groups in total. The molecule has 0 amide bonds. The van der Waals surface area contributed by atoms with Gasteiger partial charge < -0.3 is 4.57 Å². The molecule has 0 bridgehead atoms. The lowest BCUT2D eigenvalue weighted by Crippen LogP contribution is -2.41. The lowest BCUT2D eigenvalue weighted by atomic mass is 10.4. The summed E-state index contributed by atoms with van der Waals surface area (Å²) in [6, 6.07) is 3.47. The maximum atomic E-state index is 8.53. The molecule has 0 saturated carbocycles. The van der Waals surface area contributed by atoms with Crippen LogP contribution in [0.4, 0.5) is 0 Å². The van der Waals surface area contributed by atoms with Crippen LogP contribution in [0.15, 0.2) is 11.8 Å². The van der Waals surface area contributed by atoms with E-state index in [4.69, 9.17) is 5.26 Å². The van der Waals surface area contributed by atoms with Gasteiger partial charge >= 0.3 is 0 Å². The van der Waals surface area contributed by atoms with Crippen LogP contribution in [0.3, 0.4) is 0 Å². The van der Waals surface area contributed by atoms with Crippen molar-refractivity contribution in [1.29, 1.82) is 5.26 Å². The third kappa shape index (κ3) is 1.70. The van der Waals surface area contributed by atoms with E-state index >= 15 is 0 Å². The largest absolute Gasteiger partial charge is 0.401 e. The minimum Gasteiger partial charge on any atom is -0.401 e. The van der Waals surface area contributed by atoms with Crippen molar-refractivity contribution in [3.05, 3.63) is 11.8 Å². The van der Waals surface area contributed by atoms with Crippen molar-refractivity contribution in [3.8, 4) is 6.07 Å². The van der Waals surface area contributed by atoms with Crippen molar-refractivity contribution in [2.75, 3.05) is 6.54 Å². The minimum absolute atomic E-state index is 1.16. The van der Waals surface area contributed by atoms with Gasteiger partial charge in [-0.15, -0.1) is 0 Å². The first-order chi connectivity index (χ1) is 5.58. The van der Waals surface area contributed by atoms with E-state index in [-0.39, 0.29) is 0 Å². The van der Waals surface area contributed by atoms with E-state index < -0.39 is 8.24 Å². The molecule has 1 aliphatic heterocycles. The fourth-order valence-electron chi connectivity index (χ4n) is 1.93. The van der Waals surface area contributed by atoms with E-state index in [2.05, 4.69) is 23.7 Å². The van der Waals surface area contributed by atoms with Gasteiger partial charge in [-0.3, -0.25) is 0 Å². The summed E-state index contributed by atoms with van der Waals surface area (Å²) in [6.45, 7) is 7.94. The molecular formula is C9H16N2Si. The Hall–Kier alpha value is -0.753. The van der Waals surface area contributed by atoms with Gasteiger partial charge in [0.2, 0.25) is 0 Å². The van der Waals surface area contributed by atoms with Crippen LogP contribution >= 0.6 is 0 Å². The van der Waals surface area contributed by atoms with Gasteiger partial charge in [-0.25, -0.2) is 0 Å². The van der Waals surface area contributed by atoms with Crippen molar-refractivity contribution in [1.82, 2.24) is 4.57 Å². The monoisotopic (exact) mass is 180 g/mol. The summed E-state index contributed by atoms with van der Waals surface area (Å²) >= 11 is 0. The van der Waals surface area contributed by atoms with Gasteiger partial charge in [-0.1, -0.05) is 13.1 Å². The molecule has 2 nitrogen and oxygen atoms in total. The van der Waals surface area contributed by atoms with E-state index in [9.17, 15) is 0 Å². The Morgan fingerprint density at radius 1 is 1.58 bits per heavy atom. The Bertz CT molecular complexity index is 237. The fourth-order valence-corrected chi connectivity index (χ4v) is 5.01. The van der Waals surface area contributed by atoms with Gasteiger partial charge in [0, 0.05) is 18.3 Å². The molecular weight excluding hydrogens is 164 g/mol. The zero-order valence-electron chi connectivity index (χ0n) is 8.09. The van der Waals surface area contributed by atoms with E-state index in [0.29, 0.717) is 0 Å². The molecule has 0 aromatic carbocycles. The second-order valence-corrected chi connectivity index (χ2v) is 8.65. The van der Waals surface area contributed by atoms with Crippen molar-refractivity contribution >= 4 is 8.24 Å². The van der Waals surface area contributed by atoms with Crippen molar-refractivity contribution in [2.24, 2.45) is 0 Å². The summed E-state index contributed by atoms with van der Waals surface area (Å²) in [5.41, 5.74) is 1.16. The van der Waals surface area contributed by atoms with Crippen LogP contribution in [0.1, 0.15) is 13.3 Å². The molecule has 0 aliphatic carbocycles. The first kappa shape index (κ1) is 9.34. The summed E-state index contributed by atoms with van der Waals surface area (Å²) in [5.74, 6) is 0. The Morgan fingerprint density at radius 3 is 2.67 bits per heavy atom. The van der Waals surface area contributed by atoms with Crippen molar-refractivity contribution in [3.63, 3.8) is 0 Å². The van der Waals surface area contributed by atoms with Crippen LogP contribution in [0.2, 0.25) is 19.1 Å². The number of nitriles is 1. The first-order valence-electron chi connectivity index (χ1n) is 4.42. The predicted molar refractivity (Wildman–Crippen MR) is 53.0 cm³/mol. The van der Waals surface area contributed by atoms with E-state index in [1.54, 1.807) is 6.08 Å². The Kier molecular flexibility index (Phi) is 2.58. The Labute approximate surface area is 75.6 Å². The first-order valence-corrected chi connectivity index (χ1v) is 7.57. The molecule has 3 heteroatoms. The maximum absolute atomic E-state index is 8.53. The highest BCUT2D eigenvalue weighted by Gasteiger charge is 2.34. The molecule has 0 aromatic rings. The lowest BCUT2D eigenvalue weighted by Gasteiger charge is -2.32. The number of allylic oxidation sites excluding steroid dienone is 2. The van der Waals surface area contributed by atoms with Gasteiger partial charge in [0.15, 0.2) is 0 Å². The molecule has 1 saturated heterocycles. The molecule has 0 atom stereocenters. The van der Waals surface area contributed by atoms with Gasteiger partial charge in [-0.2, -0.15) is 5.26 Å². The summed E-state index contributed by atoms with van der Waals surface area (Å²) in [4.78, 5) is 0. The van der Waals surface area contributed by atoms with Crippen LogP contribution in [-0.2, 0) is 0 Å². The summed E-state index contributed by atoms with van der Waals surface area (Å²) in [6.07, 6.45) is 2.97. The number of hydrogen-bond donors (Lipinski definition) is 0. The third-order valence-corrected chi connectivity index (χ3v) is 6.22. The van der Waals surface area contributed by atoms with Crippen LogP contribution in [0.25, 0.3) is 0 Å². The molecule has 1 rings (SSSR count). The second-order valence-electron chi connectivity index (χ2n) is 3.98. The average molecular weight is 180 g/mol. The highest BCUT2D eigenvalue weighted by atomic mass is 28.3. The SMILES string of the molecule is C/C(=C/C#N)N1CCC[Si]1(C)C. The Morgan fingerprint density at radius 2 is 2.25 bits per heavy atom. The summed E-state index contributed by atoms with van der Waals surface area (Å²) < 4.78 is 2.45. The van der Waals surface area contributed by atoms with Gasteiger partial charge in [0.25, 0.3) is 0 Å². The normalized spacial score (nSPS) is 22.5. The third-order valence-electron chi connectivity index (χ3n) is 2.60. The molecule has 0 aromatic heterocycles. The number of nitrogens with zero attached hydrogens (tertiary/aromatic N) is 2. The van der Waals surface area contributed by atoms with Gasteiger partial charge in [0.1, 0.15) is 8.24 Å². The Balaban J connectivity index is 2.77. The molecule has 66 valence electrons. The van der Waals surface area contributed by atoms with Crippen LogP contribution < -0.4 is 0 Å². The molecule has 1 aliphatic rings.